The van der Waals surface area contributed by atoms with E-state index in [0.717, 1.165) is 11.2 Å². The largest absolute Gasteiger partial charge is 0.498 e. The number of hydrogen-bond acceptors (Lipinski definition) is 4. The van der Waals surface area contributed by atoms with E-state index in [9.17, 15) is 0 Å². The number of ether oxygens (including phenoxy) is 2. The Morgan fingerprint density at radius 1 is 1.00 bits per heavy atom. The molecule has 0 bridgehead atoms. The molecule has 1 aliphatic rings. The Hall–Kier alpha value is -1.04. The predicted octanol–water partition coefficient (Wildman–Crippen LogP) is 2.40. The van der Waals surface area contributed by atoms with Crippen LogP contribution in [0.5, 0.6) is 5.75 Å². The van der Waals surface area contributed by atoms with E-state index in [1.807, 2.05) is 58.9 Å². The molecule has 1 aromatic rings. The molecule has 5 heteroatoms. The van der Waals surface area contributed by atoms with E-state index >= 15 is 0 Å². The molecule has 1 aromatic carbocycles. The third-order valence-corrected chi connectivity index (χ3v) is 4.12. The highest BCUT2D eigenvalue weighted by Crippen LogP contribution is 2.37. The minimum Gasteiger partial charge on any atom is -0.492 e. The maximum absolute atomic E-state index is 6.08. The van der Waals surface area contributed by atoms with Crippen LogP contribution in [0, 0.1) is 0 Å². The van der Waals surface area contributed by atoms with Crippen molar-refractivity contribution in [3.8, 4) is 5.75 Å². The Labute approximate surface area is 127 Å². The first kappa shape index (κ1) is 16.3. The number of rotatable bonds is 6. The number of benzene rings is 1. The topological polar surface area (TPSA) is 36.9 Å². The van der Waals surface area contributed by atoms with Gasteiger partial charge in [-0.15, -0.1) is 0 Å². The highest BCUT2D eigenvalue weighted by Gasteiger charge is 2.52. The number of para-hydroxylation sites is 1. The third-order valence-electron chi connectivity index (χ3n) is 4.12. The van der Waals surface area contributed by atoms with Crippen LogP contribution >= 0.6 is 0 Å². The van der Waals surface area contributed by atoms with Crippen molar-refractivity contribution in [2.24, 2.45) is 0 Å². The molecule has 0 N–H and O–H groups in total. The van der Waals surface area contributed by atoms with E-state index in [2.05, 4.69) is 0 Å². The molecule has 0 saturated carbocycles. The predicted molar refractivity (Wildman–Crippen MR) is 84.1 cm³/mol. The fourth-order valence-corrected chi connectivity index (χ4v) is 2.13. The van der Waals surface area contributed by atoms with Crippen molar-refractivity contribution >= 4 is 12.6 Å². The third kappa shape index (κ3) is 3.60. The first-order valence-electron chi connectivity index (χ1n) is 7.52. The minimum absolute atomic E-state index is 0.351. The van der Waals surface area contributed by atoms with Crippen LogP contribution < -0.4 is 10.2 Å². The van der Waals surface area contributed by atoms with Crippen molar-refractivity contribution < 1.29 is 18.8 Å². The molecule has 116 valence electrons. The van der Waals surface area contributed by atoms with Gasteiger partial charge < -0.3 is 18.8 Å². The molecule has 21 heavy (non-hydrogen) atoms. The summed E-state index contributed by atoms with van der Waals surface area (Å²) in [6.07, 6.45) is 0. The summed E-state index contributed by atoms with van der Waals surface area (Å²) in [6.45, 7) is 12.0. The van der Waals surface area contributed by atoms with Gasteiger partial charge in [-0.1, -0.05) is 18.2 Å². The molecule has 0 spiro atoms. The maximum Gasteiger partial charge on any atom is 0.498 e. The molecular weight excluding hydrogens is 267 g/mol. The summed E-state index contributed by atoms with van der Waals surface area (Å²) < 4.78 is 23.3. The van der Waals surface area contributed by atoms with Crippen molar-refractivity contribution in [3.05, 3.63) is 24.3 Å². The van der Waals surface area contributed by atoms with E-state index in [1.54, 1.807) is 0 Å². The van der Waals surface area contributed by atoms with Gasteiger partial charge in [-0.3, -0.25) is 0 Å². The standard InChI is InChI=1S/C16H25BO4/c1-6-18-11-12-19-14-10-8-7-9-13(14)17-20-15(2,3)16(4,5)21-17/h7-10H,6,11-12H2,1-5H3. The smallest absolute Gasteiger partial charge is 0.492 e. The highest BCUT2D eigenvalue weighted by atomic mass is 16.7. The monoisotopic (exact) mass is 292 g/mol. The van der Waals surface area contributed by atoms with Crippen molar-refractivity contribution in [2.75, 3.05) is 19.8 Å². The second-order valence-corrected chi connectivity index (χ2v) is 6.17. The molecule has 1 heterocycles. The highest BCUT2D eigenvalue weighted by molar-refractivity contribution is 6.63. The van der Waals surface area contributed by atoms with Crippen LogP contribution in [0.1, 0.15) is 34.6 Å². The van der Waals surface area contributed by atoms with Crippen molar-refractivity contribution in [1.82, 2.24) is 0 Å². The van der Waals surface area contributed by atoms with Gasteiger partial charge in [-0.2, -0.15) is 0 Å². The first-order valence-corrected chi connectivity index (χ1v) is 7.52. The van der Waals surface area contributed by atoms with Crippen LogP contribution in [0.25, 0.3) is 0 Å². The van der Waals surface area contributed by atoms with Crippen molar-refractivity contribution in [2.45, 2.75) is 45.8 Å². The Balaban J connectivity index is 2.10. The van der Waals surface area contributed by atoms with Crippen LogP contribution in [0.15, 0.2) is 24.3 Å². The normalized spacial score (nSPS) is 19.8. The molecule has 0 unspecified atom stereocenters. The quantitative estimate of drug-likeness (QED) is 0.596. The molecular formula is C16H25BO4. The SMILES string of the molecule is CCOCCOc1ccccc1B1OC(C)(C)C(C)(C)O1. The van der Waals surface area contributed by atoms with E-state index in [-0.39, 0.29) is 11.2 Å². The summed E-state index contributed by atoms with van der Waals surface area (Å²) >= 11 is 0. The van der Waals surface area contributed by atoms with Gasteiger partial charge in [0.2, 0.25) is 0 Å². The molecule has 0 atom stereocenters. The lowest BCUT2D eigenvalue weighted by Gasteiger charge is -2.32. The average Bonchev–Trinajstić information content (AvgIpc) is 2.64. The summed E-state index contributed by atoms with van der Waals surface area (Å²) in [5.74, 6) is 0.788. The molecule has 1 fully saturated rings. The van der Waals surface area contributed by atoms with Crippen LogP contribution in [0.2, 0.25) is 0 Å². The van der Waals surface area contributed by atoms with Gasteiger partial charge in [-0.25, -0.2) is 0 Å². The van der Waals surface area contributed by atoms with Crippen LogP contribution in [0.3, 0.4) is 0 Å². The van der Waals surface area contributed by atoms with Crippen molar-refractivity contribution in [1.29, 1.82) is 0 Å². The zero-order chi connectivity index (χ0) is 15.5. The Morgan fingerprint density at radius 3 is 2.24 bits per heavy atom. The van der Waals surface area contributed by atoms with E-state index in [0.29, 0.717) is 19.8 Å². The molecule has 1 aliphatic heterocycles. The van der Waals surface area contributed by atoms with Gasteiger partial charge >= 0.3 is 7.12 Å². The Morgan fingerprint density at radius 2 is 1.62 bits per heavy atom. The van der Waals surface area contributed by atoms with Gasteiger partial charge in [0, 0.05) is 12.1 Å². The lowest BCUT2D eigenvalue weighted by molar-refractivity contribution is 0.00578. The molecule has 0 amide bonds. The maximum atomic E-state index is 6.08. The lowest BCUT2D eigenvalue weighted by Crippen LogP contribution is -2.41. The second-order valence-electron chi connectivity index (χ2n) is 6.17. The summed E-state index contributed by atoms with van der Waals surface area (Å²) in [5.41, 5.74) is 0.222. The molecule has 0 radical (unpaired) electrons. The molecule has 0 aliphatic carbocycles. The van der Waals surface area contributed by atoms with Crippen LogP contribution in [-0.4, -0.2) is 38.1 Å². The second kappa shape index (κ2) is 6.38. The van der Waals surface area contributed by atoms with E-state index in [1.165, 1.54) is 0 Å². The molecule has 0 aromatic heterocycles. The summed E-state index contributed by atoms with van der Waals surface area (Å²) in [5, 5.41) is 0. The van der Waals surface area contributed by atoms with Gasteiger partial charge in [0.25, 0.3) is 0 Å². The summed E-state index contributed by atoms with van der Waals surface area (Å²) in [4.78, 5) is 0. The fourth-order valence-electron chi connectivity index (χ4n) is 2.13. The van der Waals surface area contributed by atoms with E-state index in [4.69, 9.17) is 18.8 Å². The molecule has 4 nitrogen and oxygen atoms in total. The number of hydrogen-bond donors (Lipinski definition) is 0. The van der Waals surface area contributed by atoms with Gasteiger partial charge in [0.15, 0.2) is 0 Å². The summed E-state index contributed by atoms with van der Waals surface area (Å²) in [7, 11) is -0.404. The van der Waals surface area contributed by atoms with E-state index < -0.39 is 7.12 Å². The van der Waals surface area contributed by atoms with Crippen LogP contribution in [0.4, 0.5) is 0 Å². The van der Waals surface area contributed by atoms with Crippen molar-refractivity contribution in [3.63, 3.8) is 0 Å². The fraction of sp³-hybridized carbons (Fsp3) is 0.625. The molecule has 2 rings (SSSR count). The Bertz CT molecular complexity index is 457. The van der Waals surface area contributed by atoms with Gasteiger partial charge in [-0.05, 0) is 40.7 Å². The van der Waals surface area contributed by atoms with Gasteiger partial charge in [0.1, 0.15) is 12.4 Å². The summed E-state index contributed by atoms with van der Waals surface area (Å²) in [6, 6.07) is 7.84. The average molecular weight is 292 g/mol. The van der Waals surface area contributed by atoms with Crippen LogP contribution in [-0.2, 0) is 14.0 Å². The first-order chi connectivity index (χ1) is 9.87. The Kier molecular flexibility index (Phi) is 4.97. The minimum atomic E-state index is -0.404. The molecule has 1 saturated heterocycles. The zero-order valence-electron chi connectivity index (χ0n) is 13.6. The zero-order valence-corrected chi connectivity index (χ0v) is 13.6. The van der Waals surface area contributed by atoms with Gasteiger partial charge in [0.05, 0.1) is 17.8 Å². The lowest BCUT2D eigenvalue weighted by atomic mass is 9.78.